The molecule has 106 heavy (non-hydrogen) atoms. The van der Waals surface area contributed by atoms with Gasteiger partial charge in [-0.15, -0.1) is 0 Å². The van der Waals surface area contributed by atoms with Crippen molar-refractivity contribution < 1.29 is 96.7 Å². The van der Waals surface area contributed by atoms with Gasteiger partial charge < -0.3 is 90.0 Å². The number of hydrogen-bond donors (Lipinski definition) is 10. The Morgan fingerprint density at radius 3 is 2.29 bits per heavy atom. The summed E-state index contributed by atoms with van der Waals surface area (Å²) in [6, 6.07) is 20.4. The van der Waals surface area contributed by atoms with Gasteiger partial charge in [-0.25, -0.2) is 23.8 Å². The number of carboxylic acid groups (broad SMARTS) is 1. The van der Waals surface area contributed by atoms with Crippen LogP contribution in [0.2, 0.25) is 0 Å². The van der Waals surface area contributed by atoms with E-state index in [0.717, 1.165) is 22.4 Å². The lowest BCUT2D eigenvalue weighted by atomic mass is 9.81. The number of unbranched alkanes of at least 4 members (excludes halogenated alkanes) is 1. The van der Waals surface area contributed by atoms with Gasteiger partial charge in [0.15, 0.2) is 11.7 Å². The minimum Gasteiger partial charge on any atom is -0.479 e. The number of amides is 6. The van der Waals surface area contributed by atoms with Gasteiger partial charge in [-0.2, -0.15) is 0 Å². The first kappa shape index (κ1) is 77.1. The van der Waals surface area contributed by atoms with Crippen molar-refractivity contribution >= 4 is 76.3 Å². The molecular weight excluding hydrogens is 1380 g/mol. The number of para-hydroxylation sites is 1. The monoisotopic (exact) mass is 1460 g/mol. The fourth-order valence-electron chi connectivity index (χ4n) is 13.8. The van der Waals surface area contributed by atoms with Crippen molar-refractivity contribution in [3.8, 4) is 17.1 Å². The number of anilines is 1. The van der Waals surface area contributed by atoms with Gasteiger partial charge in [0.25, 0.3) is 5.56 Å². The minimum absolute atomic E-state index is 0.0000515. The van der Waals surface area contributed by atoms with Crippen LogP contribution in [0, 0.1) is 12.7 Å². The van der Waals surface area contributed by atoms with E-state index >= 15 is 4.39 Å². The number of carbonyl (C=O) groups excluding carboxylic acids is 7. The average molecular weight is 1470 g/mol. The van der Waals surface area contributed by atoms with Crippen molar-refractivity contribution in [2.75, 3.05) is 31.7 Å². The number of aromatic nitrogens is 2. The fourth-order valence-corrected chi connectivity index (χ4v) is 13.8. The highest BCUT2D eigenvalue weighted by Gasteiger charge is 2.49. The largest absolute Gasteiger partial charge is 0.479 e. The second-order valence-corrected chi connectivity index (χ2v) is 28.5. The Morgan fingerprint density at radius 1 is 0.811 bits per heavy atom. The second kappa shape index (κ2) is 32.4. The van der Waals surface area contributed by atoms with E-state index in [1.165, 1.54) is 34.9 Å². The molecule has 6 aromatic rings. The summed E-state index contributed by atoms with van der Waals surface area (Å²) in [5, 5.41) is 67.7. The first-order valence-electron chi connectivity index (χ1n) is 35.4. The molecule has 0 spiro atoms. The van der Waals surface area contributed by atoms with Gasteiger partial charge >= 0.3 is 18.0 Å². The molecule has 28 nitrogen and oxygen atoms in total. The van der Waals surface area contributed by atoms with Crippen LogP contribution in [-0.4, -0.2) is 157 Å². The molecule has 8 unspecified atom stereocenters. The number of methoxy groups -OCH3 is 1. The van der Waals surface area contributed by atoms with Gasteiger partial charge in [0.05, 0.1) is 65.1 Å². The zero-order chi connectivity index (χ0) is 76.1. The standard InChI is InChI=1S/C77H89FN8O20/c1-8-77(100)50-32-56-64-48(37-86(56)70(95)49(50)39-102-73(77)98)63-52(25-24-47-41(2)51(78)33-53(83-64)62(47)63)84-74(99)103-38-42-21-26-57(105-72-67(93)65(91)66(92)68(106-72)71(96)97)46(31-42)34-80-59(88)28-30-79-69(94)54(35-81-58(87)27-29-75(3,4)104-40-76(5,6)101-7)82-60(89)19-13-14-20-61(90)85-36-45-17-10-9-15-43(45)22-23-44-16-11-12-18-55(44)85/h9-12,15-18,21-23,26,31-33,52,54,65-68,72,91-93,100H,8,13-14,19-20,24-25,27-30,34-40H2,1-7H3,(H,79,94)(H,80,88)(H,81,87)(H,82,89)(H,84,99)(H,96,97)/b23-22-. The molecule has 4 aliphatic heterocycles. The SMILES string of the molecule is CCC1(O)C(=O)OCc2c1cc1n(c2=O)Cc2c-1nc1cc(F)c(C)c3c1c2C(NC(=O)OCc1ccc(OC2OC(C(=O)O)C(O)C(O)C2O)c(CNC(=O)CCNC(=O)C(CNC(=O)CCC(C)(C)OCC(C)(C)OC)NC(=O)CCCCC(=O)N2Cc4ccccc4/C=C\c4ccccc42)c1)CC3. The molecule has 2 aromatic heterocycles. The molecule has 1 fully saturated rings. The number of hydrogen-bond acceptors (Lipinski definition) is 20. The molecule has 1 aliphatic carbocycles. The predicted molar refractivity (Wildman–Crippen MR) is 381 cm³/mol. The topological polar surface area (TPSA) is 391 Å². The van der Waals surface area contributed by atoms with E-state index in [0.29, 0.717) is 59.0 Å². The lowest BCUT2D eigenvalue weighted by molar-refractivity contribution is -0.271. The zero-order valence-electron chi connectivity index (χ0n) is 60.0. The van der Waals surface area contributed by atoms with Gasteiger partial charge in [-0.05, 0) is 136 Å². The number of aliphatic hydroxyl groups excluding tert-OH is 3. The fraction of sp³-hybridized carbons (Fsp3) is 0.455. The highest BCUT2D eigenvalue weighted by atomic mass is 19.1. The Hall–Kier alpha value is -10.0. The number of benzene rings is 4. The van der Waals surface area contributed by atoms with E-state index in [1.54, 1.807) is 25.9 Å². The van der Waals surface area contributed by atoms with E-state index < -0.39 is 119 Å². The summed E-state index contributed by atoms with van der Waals surface area (Å²) in [5.74, 6) is -5.71. The number of ether oxygens (including phenoxy) is 6. The molecular formula is C77H89FN8O20. The van der Waals surface area contributed by atoms with Crippen molar-refractivity contribution in [3.05, 3.63) is 156 Å². The molecule has 8 atom stereocenters. The average Bonchev–Trinajstić information content (AvgIpc) is 1.49. The summed E-state index contributed by atoms with van der Waals surface area (Å²) >= 11 is 0. The van der Waals surface area contributed by atoms with Gasteiger partial charge in [0.1, 0.15) is 49.1 Å². The van der Waals surface area contributed by atoms with Crippen LogP contribution in [0.4, 0.5) is 14.9 Å². The normalized spacial score (nSPS) is 20.5. The molecule has 5 aliphatic rings. The Kier molecular flexibility index (Phi) is 23.5. The van der Waals surface area contributed by atoms with Gasteiger partial charge in [-0.1, -0.05) is 67.6 Å². The van der Waals surface area contributed by atoms with E-state index in [9.17, 15) is 68.7 Å². The first-order chi connectivity index (χ1) is 50.5. The van der Waals surface area contributed by atoms with Crippen LogP contribution in [0.1, 0.15) is 160 Å². The smallest absolute Gasteiger partial charge is 0.407 e. The van der Waals surface area contributed by atoms with Crippen LogP contribution in [0.5, 0.6) is 5.75 Å². The van der Waals surface area contributed by atoms with Crippen LogP contribution in [-0.2, 0) is 102 Å². The van der Waals surface area contributed by atoms with Crippen LogP contribution in [0.3, 0.4) is 0 Å². The summed E-state index contributed by atoms with van der Waals surface area (Å²) in [7, 11) is 1.57. The number of aliphatic carboxylic acids is 1. The lowest BCUT2D eigenvalue weighted by Gasteiger charge is -2.38. The Morgan fingerprint density at radius 2 is 1.54 bits per heavy atom. The van der Waals surface area contributed by atoms with E-state index in [-0.39, 0.29) is 130 Å². The Balaban J connectivity index is 0.752. The maximum absolute atomic E-state index is 15.7. The number of carboxylic acids is 1. The summed E-state index contributed by atoms with van der Waals surface area (Å²) in [4.78, 5) is 129. The molecule has 11 rings (SSSR count). The first-order valence-corrected chi connectivity index (χ1v) is 35.4. The zero-order valence-corrected chi connectivity index (χ0v) is 60.0. The Labute approximate surface area is 609 Å². The van der Waals surface area contributed by atoms with Gasteiger partial charge in [-0.3, -0.25) is 28.8 Å². The molecule has 0 bridgehead atoms. The van der Waals surface area contributed by atoms with E-state index in [4.69, 9.17) is 33.4 Å². The number of fused-ring (bicyclic) bond motifs is 7. The van der Waals surface area contributed by atoms with Crippen molar-refractivity contribution in [2.24, 2.45) is 0 Å². The van der Waals surface area contributed by atoms with E-state index in [2.05, 4.69) is 26.6 Å². The lowest BCUT2D eigenvalue weighted by Crippen LogP contribution is -2.61. The van der Waals surface area contributed by atoms with Crippen LogP contribution in [0.25, 0.3) is 34.4 Å². The number of halogens is 1. The number of rotatable bonds is 28. The van der Waals surface area contributed by atoms with Crippen molar-refractivity contribution in [2.45, 2.75) is 198 Å². The van der Waals surface area contributed by atoms with Gasteiger partial charge in [0, 0.05) is 80.6 Å². The third kappa shape index (κ3) is 16.9. The maximum Gasteiger partial charge on any atom is 0.407 e. The number of carbonyl (C=O) groups is 8. The molecule has 0 radical (unpaired) electrons. The minimum atomic E-state index is -2.11. The summed E-state index contributed by atoms with van der Waals surface area (Å²) < 4.78 is 51.1. The van der Waals surface area contributed by atoms with Crippen molar-refractivity contribution in [1.29, 1.82) is 0 Å². The molecule has 29 heteroatoms. The molecule has 6 amide bonds. The number of esters is 1. The number of cyclic esters (lactones) is 1. The molecule has 6 heterocycles. The number of alkyl carbamates (subject to hydrolysis) is 1. The third-order valence-electron chi connectivity index (χ3n) is 20.2. The molecule has 10 N–H and O–H groups in total. The number of pyridine rings is 2. The number of aliphatic hydroxyl groups is 4. The summed E-state index contributed by atoms with van der Waals surface area (Å²) in [6.07, 6.45) is -5.81. The quantitative estimate of drug-likeness (QED) is 0.0207. The third-order valence-corrected chi connectivity index (χ3v) is 20.2. The second-order valence-electron chi connectivity index (χ2n) is 28.5. The summed E-state index contributed by atoms with van der Waals surface area (Å²) in [6.45, 7) is 9.43. The summed E-state index contributed by atoms with van der Waals surface area (Å²) in [5.41, 5.74) is 3.23. The molecule has 0 saturated carbocycles. The highest BCUT2D eigenvalue weighted by Crippen LogP contribution is 2.46. The highest BCUT2D eigenvalue weighted by molar-refractivity contribution is 5.98. The van der Waals surface area contributed by atoms with Gasteiger partial charge in [0.2, 0.25) is 35.8 Å². The molecule has 1 saturated heterocycles. The number of aryl methyl sites for hydroxylation is 1. The number of nitrogens with one attached hydrogen (secondary N) is 5. The van der Waals surface area contributed by atoms with Crippen LogP contribution in [0.15, 0.2) is 83.7 Å². The maximum atomic E-state index is 15.7. The van der Waals surface area contributed by atoms with E-state index in [1.807, 2.05) is 88.4 Å². The number of nitrogens with zero attached hydrogens (tertiary/aromatic N) is 3. The van der Waals surface area contributed by atoms with Crippen LogP contribution < -0.4 is 41.8 Å². The van der Waals surface area contributed by atoms with Crippen molar-refractivity contribution in [3.63, 3.8) is 0 Å². The predicted octanol–water partition coefficient (Wildman–Crippen LogP) is 5.71. The van der Waals surface area contributed by atoms with Crippen molar-refractivity contribution in [1.82, 2.24) is 36.1 Å². The molecule has 4 aromatic carbocycles. The van der Waals surface area contributed by atoms with Crippen LogP contribution >= 0.6 is 0 Å². The molecule has 564 valence electrons. The Bertz CT molecular complexity index is 4520.